The second-order valence-electron chi connectivity index (χ2n) is 7.83. The second-order valence-corrected chi connectivity index (χ2v) is 7.83. The predicted molar refractivity (Wildman–Crippen MR) is 109 cm³/mol. The molecule has 150 valence electrons. The number of unbranched alkanes of at least 4 members (excludes halogenated alkanes) is 4. The number of benzene rings is 1. The highest BCUT2D eigenvalue weighted by atomic mass is 16.3. The van der Waals surface area contributed by atoms with Gasteiger partial charge in [-0.2, -0.15) is 0 Å². The molecule has 4 nitrogen and oxygen atoms in total. The van der Waals surface area contributed by atoms with E-state index >= 15 is 0 Å². The van der Waals surface area contributed by atoms with Gasteiger partial charge >= 0.3 is 0 Å². The molecule has 0 aromatic heterocycles. The lowest BCUT2D eigenvalue weighted by molar-refractivity contribution is -0.124. The number of hydrogen-bond acceptors (Lipinski definition) is 4. The molecular weight excluding hydrogens is 338 g/mol. The molecular formula is C23H35NO3. The zero-order valence-corrected chi connectivity index (χ0v) is 16.7. The smallest absolute Gasteiger partial charge is 0.158 e. The number of aliphatic hydroxyl groups is 1. The van der Waals surface area contributed by atoms with Crippen LogP contribution in [0.5, 0.6) is 0 Å². The molecule has 1 aromatic carbocycles. The molecule has 4 heteroatoms. The first kappa shape index (κ1) is 21.8. The van der Waals surface area contributed by atoms with E-state index in [9.17, 15) is 9.59 Å². The minimum absolute atomic E-state index is 0.0712. The minimum Gasteiger partial charge on any atom is -0.389 e. The van der Waals surface area contributed by atoms with E-state index in [0.717, 1.165) is 58.0 Å². The monoisotopic (exact) mass is 373 g/mol. The Balaban J connectivity index is 1.58. The van der Waals surface area contributed by atoms with Gasteiger partial charge in [0, 0.05) is 24.8 Å². The number of hydrogen-bond donors (Lipinski definition) is 1. The quantitative estimate of drug-likeness (QED) is 0.554. The van der Waals surface area contributed by atoms with E-state index in [0.29, 0.717) is 24.7 Å². The highest BCUT2D eigenvalue weighted by molar-refractivity contribution is 5.81. The summed E-state index contributed by atoms with van der Waals surface area (Å²) in [5.41, 5.74) is 1.35. The van der Waals surface area contributed by atoms with Crippen LogP contribution in [0, 0.1) is 5.92 Å². The molecule has 1 fully saturated rings. The minimum atomic E-state index is -0.336. The standard InChI is InChI=1S/C23H35NO3/c1-19(20-10-6-5-7-11-20)24-16-14-21(15-17-24)23(27)13-9-4-2-3-8-12-22(26)18-25/h5-7,10-11,19,21,25H,2-4,8-9,12-18H2,1H3. The Morgan fingerprint density at radius 3 is 2.22 bits per heavy atom. The van der Waals surface area contributed by atoms with Gasteiger partial charge in [-0.15, -0.1) is 0 Å². The number of aliphatic hydroxyl groups excluding tert-OH is 1. The fourth-order valence-electron chi connectivity index (χ4n) is 3.99. The number of ketones is 2. The first-order valence-electron chi connectivity index (χ1n) is 10.6. The SMILES string of the molecule is CC(c1ccccc1)N1CCC(C(=O)CCCCCCCC(=O)CO)CC1. The van der Waals surface area contributed by atoms with Crippen LogP contribution in [0.3, 0.4) is 0 Å². The highest BCUT2D eigenvalue weighted by Crippen LogP contribution is 2.27. The van der Waals surface area contributed by atoms with Crippen LogP contribution >= 0.6 is 0 Å². The molecule has 1 aliphatic rings. The number of likely N-dealkylation sites (tertiary alicyclic amines) is 1. The van der Waals surface area contributed by atoms with Crippen molar-refractivity contribution in [1.29, 1.82) is 0 Å². The fourth-order valence-corrected chi connectivity index (χ4v) is 3.99. The lowest BCUT2D eigenvalue weighted by atomic mass is 9.88. The molecule has 0 spiro atoms. The van der Waals surface area contributed by atoms with E-state index in [-0.39, 0.29) is 18.3 Å². The van der Waals surface area contributed by atoms with Gasteiger partial charge < -0.3 is 5.11 Å². The Kier molecular flexibility index (Phi) is 9.71. The van der Waals surface area contributed by atoms with Gasteiger partial charge in [0.25, 0.3) is 0 Å². The average molecular weight is 374 g/mol. The van der Waals surface area contributed by atoms with E-state index in [1.165, 1.54) is 5.56 Å². The number of carbonyl (C=O) groups is 2. The van der Waals surface area contributed by atoms with E-state index < -0.39 is 0 Å². The first-order valence-corrected chi connectivity index (χ1v) is 10.6. The molecule has 1 atom stereocenters. The van der Waals surface area contributed by atoms with E-state index in [1.807, 2.05) is 0 Å². The van der Waals surface area contributed by atoms with E-state index in [1.54, 1.807) is 0 Å². The number of rotatable bonds is 12. The molecule has 0 aliphatic carbocycles. The summed E-state index contributed by atoms with van der Waals surface area (Å²) in [6.07, 6.45) is 8.11. The Morgan fingerprint density at radius 2 is 1.59 bits per heavy atom. The molecule has 1 N–H and O–H groups in total. The fraction of sp³-hybridized carbons (Fsp3) is 0.652. The van der Waals surface area contributed by atoms with Crippen LogP contribution in [0.1, 0.15) is 76.3 Å². The zero-order chi connectivity index (χ0) is 19.5. The largest absolute Gasteiger partial charge is 0.389 e. The second kappa shape index (κ2) is 12.0. The van der Waals surface area contributed by atoms with Gasteiger partial charge in [-0.3, -0.25) is 14.5 Å². The van der Waals surface area contributed by atoms with Gasteiger partial charge in [0.2, 0.25) is 0 Å². The zero-order valence-electron chi connectivity index (χ0n) is 16.7. The number of carbonyl (C=O) groups excluding carboxylic acids is 2. The Hall–Kier alpha value is -1.52. The topological polar surface area (TPSA) is 57.6 Å². The summed E-state index contributed by atoms with van der Waals surface area (Å²) >= 11 is 0. The third-order valence-corrected chi connectivity index (χ3v) is 5.87. The van der Waals surface area contributed by atoms with Crippen molar-refractivity contribution in [3.63, 3.8) is 0 Å². The van der Waals surface area contributed by atoms with Gasteiger partial charge in [-0.25, -0.2) is 0 Å². The highest BCUT2D eigenvalue weighted by Gasteiger charge is 2.27. The van der Waals surface area contributed by atoms with Crippen molar-refractivity contribution in [1.82, 2.24) is 4.90 Å². The molecule has 1 aliphatic heterocycles. The molecule has 0 amide bonds. The number of Topliss-reactive ketones (excluding diaryl/α,β-unsaturated/α-hetero) is 2. The molecule has 1 heterocycles. The maximum absolute atomic E-state index is 12.5. The van der Waals surface area contributed by atoms with Gasteiger partial charge in [0.05, 0.1) is 0 Å². The number of piperidine rings is 1. The molecule has 2 rings (SSSR count). The normalized spacial score (nSPS) is 17.0. The first-order chi connectivity index (χ1) is 13.1. The van der Waals surface area contributed by atoms with Crippen LogP contribution < -0.4 is 0 Å². The Bertz CT molecular complexity index is 564. The average Bonchev–Trinajstić information content (AvgIpc) is 2.72. The summed E-state index contributed by atoms with van der Waals surface area (Å²) < 4.78 is 0. The van der Waals surface area contributed by atoms with Crippen LogP contribution in [-0.2, 0) is 9.59 Å². The van der Waals surface area contributed by atoms with Crippen molar-refractivity contribution in [3.8, 4) is 0 Å². The van der Waals surface area contributed by atoms with Crippen molar-refractivity contribution < 1.29 is 14.7 Å². The van der Waals surface area contributed by atoms with E-state index in [2.05, 4.69) is 42.2 Å². The molecule has 1 saturated heterocycles. The molecule has 0 bridgehead atoms. The van der Waals surface area contributed by atoms with Crippen LogP contribution in [0.25, 0.3) is 0 Å². The Morgan fingerprint density at radius 1 is 1.00 bits per heavy atom. The summed E-state index contributed by atoms with van der Waals surface area (Å²) in [5.74, 6) is 0.613. The van der Waals surface area contributed by atoms with E-state index in [4.69, 9.17) is 5.11 Å². The van der Waals surface area contributed by atoms with Crippen molar-refractivity contribution in [2.75, 3.05) is 19.7 Å². The predicted octanol–water partition coefficient (Wildman–Crippen LogP) is 4.32. The van der Waals surface area contributed by atoms with Crippen LogP contribution in [0.15, 0.2) is 30.3 Å². The van der Waals surface area contributed by atoms with Crippen LogP contribution in [0.2, 0.25) is 0 Å². The van der Waals surface area contributed by atoms with Gasteiger partial charge in [0.1, 0.15) is 12.4 Å². The van der Waals surface area contributed by atoms with Crippen LogP contribution in [-0.4, -0.2) is 41.3 Å². The summed E-state index contributed by atoms with van der Waals surface area (Å²) in [4.78, 5) is 26.0. The third kappa shape index (κ3) is 7.55. The van der Waals surface area contributed by atoms with Gasteiger partial charge in [-0.1, -0.05) is 49.6 Å². The molecule has 0 radical (unpaired) electrons. The third-order valence-electron chi connectivity index (χ3n) is 5.87. The van der Waals surface area contributed by atoms with Gasteiger partial charge in [-0.05, 0) is 51.3 Å². The molecule has 1 aromatic rings. The maximum atomic E-state index is 12.5. The summed E-state index contributed by atoms with van der Waals surface area (Å²) in [6, 6.07) is 11.0. The van der Waals surface area contributed by atoms with Crippen molar-refractivity contribution >= 4 is 11.6 Å². The van der Waals surface area contributed by atoms with Crippen molar-refractivity contribution in [2.45, 2.75) is 70.8 Å². The summed E-state index contributed by atoms with van der Waals surface area (Å²) in [7, 11) is 0. The molecule has 27 heavy (non-hydrogen) atoms. The lowest BCUT2D eigenvalue weighted by Crippen LogP contribution is -2.37. The van der Waals surface area contributed by atoms with Crippen LogP contribution in [0.4, 0.5) is 0 Å². The lowest BCUT2D eigenvalue weighted by Gasteiger charge is -2.35. The maximum Gasteiger partial charge on any atom is 0.158 e. The summed E-state index contributed by atoms with van der Waals surface area (Å²) in [6.45, 7) is 3.93. The molecule has 0 saturated carbocycles. The molecule has 1 unspecified atom stereocenters. The summed E-state index contributed by atoms with van der Waals surface area (Å²) in [5, 5.41) is 8.68. The van der Waals surface area contributed by atoms with Gasteiger partial charge in [0.15, 0.2) is 5.78 Å². The number of nitrogens with zero attached hydrogens (tertiary/aromatic N) is 1. The van der Waals surface area contributed by atoms with Crippen molar-refractivity contribution in [3.05, 3.63) is 35.9 Å². The Labute approximate surface area is 164 Å². The van der Waals surface area contributed by atoms with Crippen molar-refractivity contribution in [2.24, 2.45) is 5.92 Å².